The number of hydrogen-bond acceptors (Lipinski definition) is 5. The highest BCUT2D eigenvalue weighted by molar-refractivity contribution is 6.31. The molecule has 4 aliphatic carbocycles. The van der Waals surface area contributed by atoms with E-state index in [0.717, 1.165) is 25.7 Å². The van der Waals surface area contributed by atoms with Crippen LogP contribution in [0, 0.1) is 34.5 Å². The Balaban J connectivity index is 1.78. The molecule has 0 aliphatic heterocycles. The number of carbonyl (C=O) groups excluding carboxylic acids is 3. The second-order valence-electron chi connectivity index (χ2n) is 10.6. The first-order chi connectivity index (χ1) is 13.5. The normalized spacial score (nSPS) is 51.6. The second kappa shape index (κ2) is 6.78. The molecule has 9 atom stereocenters. The Kier molecular flexibility index (Phi) is 4.98. The van der Waals surface area contributed by atoms with Gasteiger partial charge in [0, 0.05) is 24.7 Å². The van der Waals surface area contributed by atoms with Crippen LogP contribution in [0.2, 0.25) is 0 Å². The van der Waals surface area contributed by atoms with E-state index in [2.05, 4.69) is 6.92 Å². The molecule has 4 fully saturated rings. The lowest BCUT2D eigenvalue weighted by Gasteiger charge is -2.63. The van der Waals surface area contributed by atoms with Crippen LogP contribution in [-0.4, -0.2) is 39.7 Å². The van der Waals surface area contributed by atoms with E-state index in [1.807, 2.05) is 6.92 Å². The van der Waals surface area contributed by atoms with E-state index < -0.39 is 16.4 Å². The minimum absolute atomic E-state index is 0.0853. The molecule has 0 aromatic heterocycles. The Labute approximate surface area is 177 Å². The smallest absolute Gasteiger partial charge is 0.302 e. The van der Waals surface area contributed by atoms with Crippen LogP contribution in [-0.2, 0) is 19.1 Å². The molecule has 5 nitrogen and oxygen atoms in total. The van der Waals surface area contributed by atoms with Gasteiger partial charge >= 0.3 is 5.97 Å². The van der Waals surface area contributed by atoms with Gasteiger partial charge in [0.25, 0.3) is 0 Å². The number of carbonyl (C=O) groups is 3. The molecule has 0 radical (unpaired) electrons. The molecule has 29 heavy (non-hydrogen) atoms. The topological polar surface area (TPSA) is 80.7 Å². The number of hydrogen-bond donors (Lipinski definition) is 1. The third kappa shape index (κ3) is 2.79. The van der Waals surface area contributed by atoms with E-state index in [4.69, 9.17) is 16.3 Å². The molecule has 0 unspecified atom stereocenters. The van der Waals surface area contributed by atoms with E-state index in [-0.39, 0.29) is 52.7 Å². The molecule has 1 N–H and O–H groups in total. The fourth-order valence-electron chi connectivity index (χ4n) is 8.09. The lowest BCUT2D eigenvalue weighted by Crippen LogP contribution is -2.64. The quantitative estimate of drug-likeness (QED) is 0.540. The van der Waals surface area contributed by atoms with Crippen molar-refractivity contribution in [3.05, 3.63) is 0 Å². The number of halogens is 1. The fraction of sp³-hybridized carbons (Fsp3) is 0.870. The summed E-state index contributed by atoms with van der Waals surface area (Å²) in [6.45, 7) is 7.14. The number of aliphatic hydroxyl groups is 1. The molecule has 0 bridgehead atoms. The van der Waals surface area contributed by atoms with Gasteiger partial charge in [0.2, 0.25) is 0 Å². The Morgan fingerprint density at radius 3 is 2.41 bits per heavy atom. The molecule has 162 valence electrons. The van der Waals surface area contributed by atoms with Gasteiger partial charge in [0.15, 0.2) is 11.6 Å². The summed E-state index contributed by atoms with van der Waals surface area (Å²) in [4.78, 5) is 36.8. The van der Waals surface area contributed by atoms with Gasteiger partial charge in [-0.3, -0.25) is 14.4 Å². The predicted octanol–water partition coefficient (Wildman–Crippen LogP) is 3.68. The van der Waals surface area contributed by atoms with Crippen LogP contribution in [0.5, 0.6) is 0 Å². The average molecular weight is 425 g/mol. The summed E-state index contributed by atoms with van der Waals surface area (Å²) in [7, 11) is 0. The largest absolute Gasteiger partial charge is 0.462 e. The highest BCUT2D eigenvalue weighted by atomic mass is 35.5. The summed E-state index contributed by atoms with van der Waals surface area (Å²) in [6, 6.07) is 0. The van der Waals surface area contributed by atoms with Crippen LogP contribution < -0.4 is 0 Å². The van der Waals surface area contributed by atoms with E-state index in [1.165, 1.54) is 13.8 Å². The average Bonchev–Trinajstić information content (AvgIpc) is 2.90. The molecule has 0 aromatic carbocycles. The molecule has 4 saturated carbocycles. The standard InChI is InChI=1S/C23H33ClO5/c1-12(25)23(28)10-7-15-14-5-6-16-20(24)17(27)8-9-21(16,3)19(14)18(29-13(2)26)11-22(15,23)4/h14-16,18-20,28H,5-11H2,1-4H3/t14-,15-,16-,18-,19+,20+,21-,22-,23+/m0/s1. The summed E-state index contributed by atoms with van der Waals surface area (Å²) >= 11 is 6.60. The third-order valence-corrected chi connectivity index (χ3v) is 10.0. The van der Waals surface area contributed by atoms with Crippen LogP contribution in [0.25, 0.3) is 0 Å². The number of alkyl halides is 1. The van der Waals surface area contributed by atoms with Crippen LogP contribution in [0.3, 0.4) is 0 Å². The number of ether oxygens (including phenoxy) is 1. The first kappa shape index (κ1) is 21.3. The van der Waals surface area contributed by atoms with Gasteiger partial charge in [-0.15, -0.1) is 11.6 Å². The van der Waals surface area contributed by atoms with Gasteiger partial charge in [-0.2, -0.15) is 0 Å². The van der Waals surface area contributed by atoms with Gasteiger partial charge in [0.05, 0.1) is 5.38 Å². The van der Waals surface area contributed by atoms with E-state index >= 15 is 0 Å². The van der Waals surface area contributed by atoms with Gasteiger partial charge in [0.1, 0.15) is 11.7 Å². The molecule has 6 heteroatoms. The zero-order valence-electron chi connectivity index (χ0n) is 17.9. The Bertz CT molecular complexity index is 752. The Morgan fingerprint density at radius 1 is 1.10 bits per heavy atom. The first-order valence-electron chi connectivity index (χ1n) is 11.0. The van der Waals surface area contributed by atoms with Crippen molar-refractivity contribution in [2.45, 2.75) is 89.7 Å². The summed E-state index contributed by atoms with van der Waals surface area (Å²) in [6.07, 6.45) is 4.39. The van der Waals surface area contributed by atoms with Gasteiger partial charge in [-0.25, -0.2) is 0 Å². The molecule has 4 rings (SSSR count). The van der Waals surface area contributed by atoms with Crippen molar-refractivity contribution in [1.29, 1.82) is 0 Å². The Hall–Kier alpha value is -0.940. The van der Waals surface area contributed by atoms with Crippen molar-refractivity contribution in [3.8, 4) is 0 Å². The van der Waals surface area contributed by atoms with Crippen molar-refractivity contribution < 1.29 is 24.2 Å². The zero-order chi connectivity index (χ0) is 21.4. The van der Waals surface area contributed by atoms with Crippen molar-refractivity contribution in [3.63, 3.8) is 0 Å². The van der Waals surface area contributed by atoms with Crippen molar-refractivity contribution in [2.75, 3.05) is 0 Å². The highest BCUT2D eigenvalue weighted by Gasteiger charge is 2.69. The van der Waals surface area contributed by atoms with E-state index in [0.29, 0.717) is 19.3 Å². The van der Waals surface area contributed by atoms with Gasteiger partial charge < -0.3 is 9.84 Å². The maximum absolute atomic E-state index is 12.5. The monoisotopic (exact) mass is 424 g/mol. The minimum atomic E-state index is -1.36. The van der Waals surface area contributed by atoms with E-state index in [1.54, 1.807) is 0 Å². The van der Waals surface area contributed by atoms with Gasteiger partial charge in [-0.05, 0) is 68.6 Å². The van der Waals surface area contributed by atoms with Crippen LogP contribution in [0.15, 0.2) is 0 Å². The van der Waals surface area contributed by atoms with Gasteiger partial charge in [-0.1, -0.05) is 13.8 Å². The minimum Gasteiger partial charge on any atom is -0.462 e. The van der Waals surface area contributed by atoms with E-state index in [9.17, 15) is 19.5 Å². The summed E-state index contributed by atoms with van der Waals surface area (Å²) in [5, 5.41) is 10.9. The Morgan fingerprint density at radius 2 is 1.79 bits per heavy atom. The summed E-state index contributed by atoms with van der Waals surface area (Å²) in [5.74, 6) is 0.257. The lowest BCUT2D eigenvalue weighted by atomic mass is 9.43. The SMILES string of the molecule is CC(=O)O[C@H]1C[C@@]2(C)[C@@H](CC[C@@]2(O)C(C)=O)[C@@H]2CC[C@H]3[C@@H](Cl)C(=O)CC[C@]3(C)[C@H]21. The maximum atomic E-state index is 12.5. The van der Waals surface area contributed by atoms with Crippen LogP contribution >= 0.6 is 11.6 Å². The second-order valence-corrected chi connectivity index (χ2v) is 11.0. The predicted molar refractivity (Wildman–Crippen MR) is 108 cm³/mol. The summed E-state index contributed by atoms with van der Waals surface area (Å²) in [5.41, 5.74) is -2.15. The van der Waals surface area contributed by atoms with Crippen LogP contribution in [0.4, 0.5) is 0 Å². The van der Waals surface area contributed by atoms with Crippen LogP contribution in [0.1, 0.15) is 72.6 Å². The van der Waals surface area contributed by atoms with Crippen molar-refractivity contribution in [2.24, 2.45) is 34.5 Å². The highest BCUT2D eigenvalue weighted by Crippen LogP contribution is 2.68. The number of ketones is 2. The molecule has 0 amide bonds. The molecular formula is C23H33ClO5. The number of fused-ring (bicyclic) bond motifs is 5. The third-order valence-electron chi connectivity index (χ3n) is 9.47. The molecule has 0 saturated heterocycles. The number of Topliss-reactive ketones (excluding diaryl/α,β-unsaturated/α-hetero) is 2. The molecule has 0 spiro atoms. The first-order valence-corrected chi connectivity index (χ1v) is 11.5. The van der Waals surface area contributed by atoms with Crippen molar-refractivity contribution >= 4 is 29.1 Å². The van der Waals surface area contributed by atoms with Crippen molar-refractivity contribution in [1.82, 2.24) is 0 Å². The number of esters is 1. The maximum Gasteiger partial charge on any atom is 0.302 e. The summed E-state index contributed by atoms with van der Waals surface area (Å²) < 4.78 is 5.89. The zero-order valence-corrected chi connectivity index (χ0v) is 18.6. The number of rotatable bonds is 2. The lowest BCUT2D eigenvalue weighted by molar-refractivity contribution is -0.208. The fourth-order valence-corrected chi connectivity index (χ4v) is 8.61. The molecule has 4 aliphatic rings. The molecule has 0 heterocycles. The molecule has 0 aromatic rings. The molecular weight excluding hydrogens is 392 g/mol.